The Labute approximate surface area is 215 Å². The van der Waals surface area contributed by atoms with Crippen molar-refractivity contribution in [2.45, 2.75) is 70.7 Å². The second kappa shape index (κ2) is 13.8. The quantitative estimate of drug-likeness (QED) is 0.351. The van der Waals surface area contributed by atoms with Crippen LogP contribution in [0.2, 0.25) is 0 Å². The molecule has 1 unspecified atom stereocenters. The van der Waals surface area contributed by atoms with Gasteiger partial charge in [0.2, 0.25) is 0 Å². The van der Waals surface area contributed by atoms with E-state index in [9.17, 15) is 14.4 Å². The molecule has 3 rings (SSSR count). The summed E-state index contributed by atoms with van der Waals surface area (Å²) in [5.74, 6) is -1.79. The Balaban J connectivity index is 1.75. The van der Waals surface area contributed by atoms with Crippen molar-refractivity contribution in [2.24, 2.45) is 5.73 Å². The first-order valence-electron chi connectivity index (χ1n) is 12.0. The lowest BCUT2D eigenvalue weighted by atomic mass is 9.96. The van der Waals surface area contributed by atoms with Crippen molar-refractivity contribution in [1.29, 1.82) is 0 Å². The molecule has 2 aromatic rings. The summed E-state index contributed by atoms with van der Waals surface area (Å²) in [6.45, 7) is 4.00. The molecule has 1 fully saturated rings. The van der Waals surface area contributed by atoms with Crippen molar-refractivity contribution in [2.75, 3.05) is 6.61 Å². The van der Waals surface area contributed by atoms with Crippen LogP contribution in [0.5, 0.6) is 0 Å². The third-order valence-electron chi connectivity index (χ3n) is 5.62. The summed E-state index contributed by atoms with van der Waals surface area (Å²) >= 11 is 0. The first-order valence-corrected chi connectivity index (χ1v) is 12.0. The molecule has 0 bridgehead atoms. The highest BCUT2D eigenvalue weighted by Gasteiger charge is 2.49. The number of esters is 3. The van der Waals surface area contributed by atoms with E-state index in [1.165, 1.54) is 20.8 Å². The predicted molar refractivity (Wildman–Crippen MR) is 131 cm³/mol. The smallest absolute Gasteiger partial charge is 0.335 e. The molecule has 0 amide bonds. The molecular weight excluding hydrogens is 482 g/mol. The molecule has 10 nitrogen and oxygen atoms in total. The summed E-state index contributed by atoms with van der Waals surface area (Å²) in [4.78, 5) is 36.1. The van der Waals surface area contributed by atoms with Gasteiger partial charge in [-0.2, -0.15) is 0 Å². The van der Waals surface area contributed by atoms with E-state index in [0.717, 1.165) is 11.1 Å². The molecular formula is C27H33NO9. The highest BCUT2D eigenvalue weighted by Crippen LogP contribution is 2.28. The number of ether oxygens (including phenoxy) is 6. The van der Waals surface area contributed by atoms with E-state index in [0.29, 0.717) is 0 Å². The largest absolute Gasteiger partial charge is 0.463 e. The second-order valence-corrected chi connectivity index (χ2v) is 8.63. The zero-order valence-electron chi connectivity index (χ0n) is 21.1. The predicted octanol–water partition coefficient (Wildman–Crippen LogP) is 2.27. The van der Waals surface area contributed by atoms with Gasteiger partial charge in [-0.3, -0.25) is 9.59 Å². The Hall–Kier alpha value is -3.31. The van der Waals surface area contributed by atoms with Crippen LogP contribution in [0.15, 0.2) is 60.7 Å². The highest BCUT2D eigenvalue weighted by atomic mass is 16.7. The van der Waals surface area contributed by atoms with E-state index >= 15 is 0 Å². The molecule has 1 aliphatic heterocycles. The first kappa shape index (κ1) is 28.3. The normalized spacial score (nSPS) is 24.1. The van der Waals surface area contributed by atoms with Crippen LogP contribution in [0.25, 0.3) is 0 Å². The van der Waals surface area contributed by atoms with Crippen molar-refractivity contribution in [1.82, 2.24) is 0 Å². The van der Waals surface area contributed by atoms with Crippen molar-refractivity contribution in [3.05, 3.63) is 71.8 Å². The molecule has 1 heterocycles. The van der Waals surface area contributed by atoms with Crippen molar-refractivity contribution in [3.63, 3.8) is 0 Å². The number of carbonyl (C=O) groups excluding carboxylic acids is 3. The van der Waals surface area contributed by atoms with Gasteiger partial charge < -0.3 is 34.2 Å². The van der Waals surface area contributed by atoms with Gasteiger partial charge in [-0.1, -0.05) is 60.7 Å². The molecule has 6 atom stereocenters. The molecule has 10 heteroatoms. The Morgan fingerprint density at radius 3 is 2.03 bits per heavy atom. The maximum absolute atomic E-state index is 12.7. The Morgan fingerprint density at radius 2 is 1.46 bits per heavy atom. The van der Waals surface area contributed by atoms with Gasteiger partial charge in [-0.05, 0) is 18.1 Å². The molecule has 0 aromatic heterocycles. The molecule has 0 radical (unpaired) electrons. The second-order valence-electron chi connectivity index (χ2n) is 8.63. The van der Waals surface area contributed by atoms with Crippen LogP contribution in [0.1, 0.15) is 31.9 Å². The number of nitrogens with two attached hydrogens (primary N) is 1. The average Bonchev–Trinajstić information content (AvgIpc) is 2.89. The lowest BCUT2D eigenvalue weighted by molar-refractivity contribution is -0.284. The fraction of sp³-hybridized carbons (Fsp3) is 0.444. The monoisotopic (exact) mass is 515 g/mol. The van der Waals surface area contributed by atoms with Gasteiger partial charge in [0.25, 0.3) is 0 Å². The number of hydrogen-bond donors (Lipinski definition) is 1. The van der Waals surface area contributed by atoms with E-state index in [4.69, 9.17) is 34.2 Å². The molecule has 0 aliphatic carbocycles. The van der Waals surface area contributed by atoms with Crippen LogP contribution < -0.4 is 5.73 Å². The standard InChI is InChI=1S/C27H33NO9/c1-17(26(31)33-14-20-10-6-4-7-11-20)35-25-23(28)27(34-15-21-12-8-5-9-13-21)37-22(16-32-18(2)29)24(25)36-19(3)30/h4-13,17,22-25,27H,14-16,28H2,1-3H3/t17?,22-,23-,24-,25-,27-/m1/s1. The lowest BCUT2D eigenvalue weighted by Crippen LogP contribution is -2.65. The fourth-order valence-corrected chi connectivity index (χ4v) is 3.80. The van der Waals surface area contributed by atoms with Crippen LogP contribution in [0.4, 0.5) is 0 Å². The SMILES string of the molecule is CC(=O)OC[C@H]1O[C@@H](OCc2ccccc2)[C@H](N)[C@@H](OC(C)C(=O)OCc2ccccc2)[C@@H]1OC(C)=O. The maximum Gasteiger partial charge on any atom is 0.335 e. The molecule has 1 saturated heterocycles. The summed E-state index contributed by atoms with van der Waals surface area (Å²) in [7, 11) is 0. The van der Waals surface area contributed by atoms with Crippen LogP contribution in [-0.2, 0) is 56.0 Å². The van der Waals surface area contributed by atoms with E-state index < -0.39 is 54.7 Å². The summed E-state index contributed by atoms with van der Waals surface area (Å²) < 4.78 is 33.9. The Morgan fingerprint density at radius 1 is 0.865 bits per heavy atom. The summed E-state index contributed by atoms with van der Waals surface area (Å²) in [6, 6.07) is 17.6. The third kappa shape index (κ3) is 8.64. The van der Waals surface area contributed by atoms with Crippen molar-refractivity contribution >= 4 is 17.9 Å². The summed E-state index contributed by atoms with van der Waals surface area (Å²) in [5.41, 5.74) is 8.16. The zero-order chi connectivity index (χ0) is 26.8. The van der Waals surface area contributed by atoms with Gasteiger partial charge in [0.1, 0.15) is 25.4 Å². The molecule has 200 valence electrons. The molecule has 1 aliphatic rings. The van der Waals surface area contributed by atoms with Gasteiger partial charge in [-0.25, -0.2) is 4.79 Å². The van der Waals surface area contributed by atoms with E-state index in [1.54, 1.807) is 0 Å². The molecule has 0 saturated carbocycles. The van der Waals surface area contributed by atoms with Gasteiger partial charge >= 0.3 is 17.9 Å². The van der Waals surface area contributed by atoms with E-state index in [1.807, 2.05) is 60.7 Å². The number of carbonyl (C=O) groups is 3. The van der Waals surface area contributed by atoms with Gasteiger partial charge in [-0.15, -0.1) is 0 Å². The average molecular weight is 516 g/mol. The summed E-state index contributed by atoms with van der Waals surface area (Å²) in [5, 5.41) is 0. The highest BCUT2D eigenvalue weighted by molar-refractivity contribution is 5.74. The van der Waals surface area contributed by atoms with E-state index in [2.05, 4.69) is 0 Å². The summed E-state index contributed by atoms with van der Waals surface area (Å²) in [6.07, 6.45) is -5.12. The maximum atomic E-state index is 12.7. The minimum atomic E-state index is -1.08. The Bertz CT molecular complexity index is 1020. The Kier molecular flexibility index (Phi) is 10.6. The van der Waals surface area contributed by atoms with E-state index in [-0.39, 0.29) is 19.8 Å². The van der Waals surface area contributed by atoms with Gasteiger partial charge in [0.05, 0.1) is 12.6 Å². The van der Waals surface area contributed by atoms with Crippen molar-refractivity contribution in [3.8, 4) is 0 Å². The van der Waals surface area contributed by atoms with Crippen LogP contribution in [0, 0.1) is 0 Å². The van der Waals surface area contributed by atoms with Crippen LogP contribution in [-0.4, -0.2) is 61.3 Å². The van der Waals surface area contributed by atoms with Gasteiger partial charge in [0, 0.05) is 13.8 Å². The number of rotatable bonds is 11. The molecule has 0 spiro atoms. The minimum Gasteiger partial charge on any atom is -0.463 e. The zero-order valence-corrected chi connectivity index (χ0v) is 21.1. The van der Waals surface area contributed by atoms with Gasteiger partial charge in [0.15, 0.2) is 18.5 Å². The van der Waals surface area contributed by atoms with Crippen molar-refractivity contribution < 1.29 is 42.8 Å². The fourth-order valence-electron chi connectivity index (χ4n) is 3.80. The lowest BCUT2D eigenvalue weighted by Gasteiger charge is -2.44. The minimum absolute atomic E-state index is 0.0679. The first-order chi connectivity index (χ1) is 17.7. The third-order valence-corrected chi connectivity index (χ3v) is 5.62. The molecule has 37 heavy (non-hydrogen) atoms. The number of hydrogen-bond acceptors (Lipinski definition) is 10. The van der Waals surface area contributed by atoms with Crippen LogP contribution in [0.3, 0.4) is 0 Å². The molecule has 2 N–H and O–H groups in total. The topological polar surface area (TPSA) is 133 Å². The van der Waals surface area contributed by atoms with Crippen LogP contribution >= 0.6 is 0 Å². The molecule has 2 aromatic carbocycles. The number of benzene rings is 2.